The maximum Gasteiger partial charge on any atom is 0.348 e. The summed E-state index contributed by atoms with van der Waals surface area (Å²) in [7, 11) is 0. The van der Waals surface area contributed by atoms with Crippen molar-refractivity contribution in [1.82, 2.24) is 0 Å². The van der Waals surface area contributed by atoms with E-state index in [-0.39, 0.29) is 0 Å². The number of carboxylic acid groups (broad SMARTS) is 4. The van der Waals surface area contributed by atoms with E-state index in [2.05, 4.69) is 4.74 Å². The van der Waals surface area contributed by atoms with Crippen LogP contribution in [0.4, 0.5) is 0 Å². The molecule has 102 valence electrons. The summed E-state index contributed by atoms with van der Waals surface area (Å²) in [6, 6.07) is 0. The molecule has 0 aromatic heterocycles. The summed E-state index contributed by atoms with van der Waals surface area (Å²) in [5.41, 5.74) is -2.94. The third-order valence-corrected chi connectivity index (χ3v) is 2.20. The standard InChI is InChI=1S/C9H12O9/c1-3(2)9(7(14)15,8(16)17)18-4(5(10)11)6(12)13/h3-4H,1-2H3,(H,10,11)(H,12,13)(H,14,15)(H,16,17). The Labute approximate surface area is 101 Å². The van der Waals surface area contributed by atoms with Gasteiger partial charge in [0.25, 0.3) is 11.7 Å². The van der Waals surface area contributed by atoms with Gasteiger partial charge in [-0.3, -0.25) is 0 Å². The van der Waals surface area contributed by atoms with Crippen molar-refractivity contribution in [1.29, 1.82) is 0 Å². The number of hydrogen-bond acceptors (Lipinski definition) is 5. The van der Waals surface area contributed by atoms with Gasteiger partial charge in [0, 0.05) is 5.92 Å². The van der Waals surface area contributed by atoms with Gasteiger partial charge in [-0.25, -0.2) is 19.2 Å². The highest BCUT2D eigenvalue weighted by molar-refractivity contribution is 6.04. The molecule has 0 atom stereocenters. The van der Waals surface area contributed by atoms with Gasteiger partial charge in [0.05, 0.1) is 0 Å². The van der Waals surface area contributed by atoms with Crippen LogP contribution in [0.25, 0.3) is 0 Å². The maximum absolute atomic E-state index is 11.0. The Bertz CT molecular complexity index is 355. The molecule has 0 spiro atoms. The van der Waals surface area contributed by atoms with Crippen LogP contribution in [-0.4, -0.2) is 56.0 Å². The third-order valence-electron chi connectivity index (χ3n) is 2.20. The van der Waals surface area contributed by atoms with Crippen LogP contribution in [0, 0.1) is 5.92 Å². The summed E-state index contributed by atoms with van der Waals surface area (Å²) >= 11 is 0. The van der Waals surface area contributed by atoms with Gasteiger partial charge >= 0.3 is 23.9 Å². The molecule has 9 heteroatoms. The molecule has 0 radical (unpaired) electrons. The van der Waals surface area contributed by atoms with Crippen LogP contribution in [0.15, 0.2) is 0 Å². The molecular weight excluding hydrogens is 252 g/mol. The monoisotopic (exact) mass is 264 g/mol. The zero-order valence-corrected chi connectivity index (χ0v) is 9.48. The van der Waals surface area contributed by atoms with Gasteiger partial charge < -0.3 is 25.2 Å². The van der Waals surface area contributed by atoms with E-state index in [0.717, 1.165) is 13.8 Å². The van der Waals surface area contributed by atoms with Crippen molar-refractivity contribution in [2.75, 3.05) is 0 Å². The zero-order valence-electron chi connectivity index (χ0n) is 9.48. The Morgan fingerprint density at radius 1 is 0.889 bits per heavy atom. The number of carbonyl (C=O) groups is 4. The van der Waals surface area contributed by atoms with E-state index < -0.39 is 41.5 Å². The zero-order chi connectivity index (χ0) is 14.7. The molecule has 0 aliphatic rings. The normalized spacial score (nSPS) is 11.6. The molecule has 0 saturated carbocycles. The van der Waals surface area contributed by atoms with Crippen LogP contribution in [0.2, 0.25) is 0 Å². The quantitative estimate of drug-likeness (QED) is 0.427. The van der Waals surface area contributed by atoms with E-state index in [1.165, 1.54) is 0 Å². The van der Waals surface area contributed by atoms with Crippen molar-refractivity contribution in [3.63, 3.8) is 0 Å². The van der Waals surface area contributed by atoms with Crippen LogP contribution < -0.4 is 0 Å². The lowest BCUT2D eigenvalue weighted by Gasteiger charge is -2.30. The van der Waals surface area contributed by atoms with Gasteiger partial charge in [-0.2, -0.15) is 0 Å². The van der Waals surface area contributed by atoms with Gasteiger partial charge in [0.1, 0.15) is 0 Å². The lowest BCUT2D eigenvalue weighted by molar-refractivity contribution is -0.205. The van der Waals surface area contributed by atoms with E-state index in [0.29, 0.717) is 0 Å². The maximum atomic E-state index is 11.0. The molecule has 0 fully saturated rings. The molecule has 0 bridgehead atoms. The lowest BCUT2D eigenvalue weighted by atomic mass is 9.90. The Morgan fingerprint density at radius 3 is 1.39 bits per heavy atom. The average molecular weight is 264 g/mol. The summed E-state index contributed by atoms with van der Waals surface area (Å²) in [4.78, 5) is 43.2. The van der Waals surface area contributed by atoms with Crippen molar-refractivity contribution in [2.45, 2.75) is 25.6 Å². The predicted molar refractivity (Wildman–Crippen MR) is 53.0 cm³/mol. The number of rotatable bonds is 7. The van der Waals surface area contributed by atoms with Gasteiger partial charge in [0.2, 0.25) is 0 Å². The molecule has 0 aromatic carbocycles. The molecule has 0 saturated heterocycles. The average Bonchev–Trinajstić information content (AvgIpc) is 2.15. The molecule has 0 aliphatic heterocycles. The second-order valence-corrected chi connectivity index (χ2v) is 3.68. The summed E-state index contributed by atoms with van der Waals surface area (Å²) in [6.45, 7) is 2.31. The first-order chi connectivity index (χ1) is 8.07. The first-order valence-electron chi connectivity index (χ1n) is 4.67. The van der Waals surface area contributed by atoms with Gasteiger partial charge in [0.15, 0.2) is 0 Å². The molecule has 0 heterocycles. The molecule has 4 N–H and O–H groups in total. The van der Waals surface area contributed by atoms with Crippen LogP contribution in [0.5, 0.6) is 0 Å². The summed E-state index contributed by atoms with van der Waals surface area (Å²) in [5, 5.41) is 34.9. The van der Waals surface area contributed by atoms with Crippen LogP contribution >= 0.6 is 0 Å². The van der Waals surface area contributed by atoms with E-state index >= 15 is 0 Å². The Morgan fingerprint density at radius 2 is 1.22 bits per heavy atom. The highest BCUT2D eigenvalue weighted by atomic mass is 16.6. The van der Waals surface area contributed by atoms with Crippen molar-refractivity contribution >= 4 is 23.9 Å². The van der Waals surface area contributed by atoms with Crippen molar-refractivity contribution in [3.05, 3.63) is 0 Å². The minimum Gasteiger partial charge on any atom is -0.479 e. The number of carboxylic acids is 4. The van der Waals surface area contributed by atoms with Crippen molar-refractivity contribution < 1.29 is 44.3 Å². The second-order valence-electron chi connectivity index (χ2n) is 3.68. The molecule has 0 rings (SSSR count). The number of aliphatic carboxylic acids is 4. The van der Waals surface area contributed by atoms with E-state index in [9.17, 15) is 19.2 Å². The predicted octanol–water partition coefficient (Wildman–Crippen LogP) is -0.895. The largest absolute Gasteiger partial charge is 0.479 e. The van der Waals surface area contributed by atoms with Crippen molar-refractivity contribution in [3.8, 4) is 0 Å². The molecular formula is C9H12O9. The fourth-order valence-corrected chi connectivity index (χ4v) is 1.21. The molecule has 0 aromatic rings. The molecule has 0 aliphatic carbocycles. The van der Waals surface area contributed by atoms with Crippen molar-refractivity contribution in [2.24, 2.45) is 5.92 Å². The number of ether oxygens (including phenoxy) is 1. The Kier molecular flexibility index (Phi) is 4.80. The smallest absolute Gasteiger partial charge is 0.348 e. The minimum absolute atomic E-state index is 1.16. The molecule has 9 nitrogen and oxygen atoms in total. The highest BCUT2D eigenvalue weighted by Crippen LogP contribution is 2.25. The molecule has 0 unspecified atom stereocenters. The van der Waals surface area contributed by atoms with Gasteiger partial charge in [-0.05, 0) is 0 Å². The topological polar surface area (TPSA) is 158 Å². The van der Waals surface area contributed by atoms with E-state index in [1.54, 1.807) is 0 Å². The summed E-state index contributed by atoms with van der Waals surface area (Å²) in [5.74, 6) is -9.12. The van der Waals surface area contributed by atoms with E-state index in [1.807, 2.05) is 0 Å². The Hall–Kier alpha value is -2.16. The van der Waals surface area contributed by atoms with E-state index in [4.69, 9.17) is 20.4 Å². The third kappa shape index (κ3) is 2.74. The fourth-order valence-electron chi connectivity index (χ4n) is 1.21. The highest BCUT2D eigenvalue weighted by Gasteiger charge is 2.55. The second kappa shape index (κ2) is 5.45. The van der Waals surface area contributed by atoms with Crippen LogP contribution in [0.1, 0.15) is 13.8 Å². The summed E-state index contributed by atoms with van der Waals surface area (Å²) < 4.78 is 4.35. The fraction of sp³-hybridized carbons (Fsp3) is 0.556. The first kappa shape index (κ1) is 15.8. The first-order valence-corrected chi connectivity index (χ1v) is 4.67. The van der Waals surface area contributed by atoms with Gasteiger partial charge in [-0.15, -0.1) is 0 Å². The summed E-state index contributed by atoms with van der Waals surface area (Å²) in [6.07, 6.45) is -2.58. The van der Waals surface area contributed by atoms with Crippen LogP contribution in [-0.2, 0) is 23.9 Å². The molecule has 0 amide bonds. The SMILES string of the molecule is CC(C)C(OC(C(=O)O)C(=O)O)(C(=O)O)C(=O)O. The number of hydrogen-bond donors (Lipinski definition) is 4. The minimum atomic E-state index is -2.94. The Balaban J connectivity index is 5.61. The van der Waals surface area contributed by atoms with Crippen LogP contribution in [0.3, 0.4) is 0 Å². The molecule has 18 heavy (non-hydrogen) atoms. The lowest BCUT2D eigenvalue weighted by Crippen LogP contribution is -2.57. The van der Waals surface area contributed by atoms with Gasteiger partial charge in [-0.1, -0.05) is 13.8 Å².